The molecule has 0 unspecified atom stereocenters. The van der Waals surface area contributed by atoms with E-state index in [0.717, 1.165) is 11.0 Å². The van der Waals surface area contributed by atoms with E-state index in [1.54, 1.807) is 32.4 Å². The van der Waals surface area contributed by atoms with Crippen LogP contribution in [0.2, 0.25) is 0 Å². The Kier molecular flexibility index (Phi) is 7.08. The molecule has 2 aromatic carbocycles. The summed E-state index contributed by atoms with van der Waals surface area (Å²) in [6, 6.07) is 13.2. The van der Waals surface area contributed by atoms with E-state index in [9.17, 15) is 4.79 Å². The second-order valence-electron chi connectivity index (χ2n) is 5.13. The summed E-state index contributed by atoms with van der Waals surface area (Å²) in [7, 11) is 3.11. The SMILES string of the molecule is COc1ccc(C(=O)NCCNCc2ccc(Br)cc2)cc1OC. The van der Waals surface area contributed by atoms with E-state index in [2.05, 4.69) is 38.7 Å². The largest absolute Gasteiger partial charge is 0.493 e. The van der Waals surface area contributed by atoms with Crippen molar-refractivity contribution in [3.63, 3.8) is 0 Å². The molecule has 2 aromatic rings. The second-order valence-corrected chi connectivity index (χ2v) is 6.04. The molecule has 0 saturated carbocycles. The topological polar surface area (TPSA) is 59.6 Å². The number of benzene rings is 2. The maximum atomic E-state index is 12.1. The summed E-state index contributed by atoms with van der Waals surface area (Å²) in [5.74, 6) is 1.00. The maximum absolute atomic E-state index is 12.1. The Balaban J connectivity index is 1.76. The number of halogens is 1. The van der Waals surface area contributed by atoms with Crippen LogP contribution in [0, 0.1) is 0 Å². The first kappa shape index (κ1) is 18.3. The summed E-state index contributed by atoms with van der Waals surface area (Å²) in [4.78, 5) is 12.1. The molecule has 128 valence electrons. The average molecular weight is 393 g/mol. The number of hydrogen-bond acceptors (Lipinski definition) is 4. The monoisotopic (exact) mass is 392 g/mol. The summed E-state index contributed by atoms with van der Waals surface area (Å²) in [6.07, 6.45) is 0. The lowest BCUT2D eigenvalue weighted by Gasteiger charge is -2.10. The van der Waals surface area contributed by atoms with E-state index in [1.165, 1.54) is 5.56 Å². The van der Waals surface area contributed by atoms with Crippen LogP contribution in [0.5, 0.6) is 11.5 Å². The van der Waals surface area contributed by atoms with E-state index in [0.29, 0.717) is 30.2 Å². The molecular formula is C18H21BrN2O3. The summed E-state index contributed by atoms with van der Waals surface area (Å²) in [6.45, 7) is 2.00. The highest BCUT2D eigenvalue weighted by Gasteiger charge is 2.10. The fourth-order valence-corrected chi connectivity index (χ4v) is 2.44. The smallest absolute Gasteiger partial charge is 0.251 e. The third-order valence-corrected chi connectivity index (χ3v) is 4.00. The van der Waals surface area contributed by atoms with Crippen LogP contribution in [0.4, 0.5) is 0 Å². The minimum atomic E-state index is -0.138. The Bertz CT molecular complexity index is 674. The quantitative estimate of drug-likeness (QED) is 0.677. The number of nitrogens with one attached hydrogen (secondary N) is 2. The van der Waals surface area contributed by atoms with Gasteiger partial charge in [0.05, 0.1) is 14.2 Å². The predicted octanol–water partition coefficient (Wildman–Crippen LogP) is 2.99. The lowest BCUT2D eigenvalue weighted by Crippen LogP contribution is -2.31. The zero-order valence-electron chi connectivity index (χ0n) is 13.8. The van der Waals surface area contributed by atoms with Crippen molar-refractivity contribution in [2.24, 2.45) is 0 Å². The van der Waals surface area contributed by atoms with Crippen LogP contribution in [-0.2, 0) is 6.54 Å². The van der Waals surface area contributed by atoms with Gasteiger partial charge in [-0.15, -0.1) is 0 Å². The molecule has 0 aliphatic rings. The van der Waals surface area contributed by atoms with Crippen molar-refractivity contribution in [3.05, 3.63) is 58.1 Å². The van der Waals surface area contributed by atoms with Crippen molar-refractivity contribution < 1.29 is 14.3 Å². The normalized spacial score (nSPS) is 10.3. The van der Waals surface area contributed by atoms with Crippen molar-refractivity contribution in [2.75, 3.05) is 27.3 Å². The standard InChI is InChI=1S/C18H21BrN2O3/c1-23-16-8-5-14(11-17(16)24-2)18(22)21-10-9-20-12-13-3-6-15(19)7-4-13/h3-8,11,20H,9-10,12H2,1-2H3,(H,21,22). The molecule has 0 aliphatic carbocycles. The van der Waals surface area contributed by atoms with E-state index < -0.39 is 0 Å². The molecule has 24 heavy (non-hydrogen) atoms. The minimum absolute atomic E-state index is 0.138. The number of carbonyl (C=O) groups excluding carboxylic acids is 1. The van der Waals surface area contributed by atoms with Crippen molar-refractivity contribution in [1.82, 2.24) is 10.6 Å². The summed E-state index contributed by atoms with van der Waals surface area (Å²) >= 11 is 3.41. The lowest BCUT2D eigenvalue weighted by atomic mass is 10.2. The zero-order chi connectivity index (χ0) is 17.4. The molecule has 2 rings (SSSR count). The van der Waals surface area contributed by atoms with Crippen LogP contribution >= 0.6 is 15.9 Å². The fourth-order valence-electron chi connectivity index (χ4n) is 2.18. The molecule has 6 heteroatoms. The molecule has 1 amide bonds. The Morgan fingerprint density at radius 2 is 1.71 bits per heavy atom. The van der Waals surface area contributed by atoms with E-state index in [1.807, 2.05) is 12.1 Å². The molecule has 0 atom stereocenters. The molecule has 0 spiro atoms. The van der Waals surface area contributed by atoms with Crippen molar-refractivity contribution in [2.45, 2.75) is 6.54 Å². The molecule has 2 N–H and O–H groups in total. The van der Waals surface area contributed by atoms with Crippen molar-refractivity contribution >= 4 is 21.8 Å². The number of methoxy groups -OCH3 is 2. The number of ether oxygens (including phenoxy) is 2. The molecule has 0 heterocycles. The van der Waals surface area contributed by atoms with Crippen LogP contribution < -0.4 is 20.1 Å². The highest BCUT2D eigenvalue weighted by Crippen LogP contribution is 2.27. The maximum Gasteiger partial charge on any atom is 0.251 e. The van der Waals surface area contributed by atoms with E-state index in [4.69, 9.17) is 9.47 Å². The summed E-state index contributed by atoms with van der Waals surface area (Å²) in [5, 5.41) is 6.17. The van der Waals surface area contributed by atoms with Gasteiger partial charge in [-0.25, -0.2) is 0 Å². The van der Waals surface area contributed by atoms with Gasteiger partial charge in [-0.3, -0.25) is 4.79 Å². The van der Waals surface area contributed by atoms with Crippen LogP contribution in [0.15, 0.2) is 46.9 Å². The van der Waals surface area contributed by atoms with Gasteiger partial charge in [0.1, 0.15) is 0 Å². The van der Waals surface area contributed by atoms with E-state index in [-0.39, 0.29) is 5.91 Å². The Morgan fingerprint density at radius 3 is 2.38 bits per heavy atom. The average Bonchev–Trinajstić information content (AvgIpc) is 2.62. The van der Waals surface area contributed by atoms with Crippen LogP contribution in [0.1, 0.15) is 15.9 Å². The number of hydrogen-bond donors (Lipinski definition) is 2. The van der Waals surface area contributed by atoms with Gasteiger partial charge in [0, 0.05) is 29.7 Å². The third kappa shape index (κ3) is 5.25. The van der Waals surface area contributed by atoms with E-state index >= 15 is 0 Å². The van der Waals surface area contributed by atoms with Gasteiger partial charge >= 0.3 is 0 Å². The van der Waals surface area contributed by atoms with Gasteiger partial charge in [0.25, 0.3) is 5.91 Å². The first-order valence-electron chi connectivity index (χ1n) is 7.59. The van der Waals surface area contributed by atoms with Crippen molar-refractivity contribution in [3.8, 4) is 11.5 Å². The van der Waals surface area contributed by atoms with Gasteiger partial charge in [-0.2, -0.15) is 0 Å². The Morgan fingerprint density at radius 1 is 1.00 bits per heavy atom. The fraction of sp³-hybridized carbons (Fsp3) is 0.278. The third-order valence-electron chi connectivity index (χ3n) is 3.48. The minimum Gasteiger partial charge on any atom is -0.493 e. The molecule has 0 radical (unpaired) electrons. The summed E-state index contributed by atoms with van der Waals surface area (Å²) in [5.41, 5.74) is 1.74. The molecule has 0 bridgehead atoms. The van der Waals surface area contributed by atoms with Gasteiger partial charge < -0.3 is 20.1 Å². The molecule has 0 aromatic heterocycles. The molecular weight excluding hydrogens is 372 g/mol. The predicted molar refractivity (Wildman–Crippen MR) is 97.7 cm³/mol. The van der Waals surface area contributed by atoms with Gasteiger partial charge in [-0.1, -0.05) is 28.1 Å². The molecule has 0 aliphatic heterocycles. The first-order valence-corrected chi connectivity index (χ1v) is 8.38. The highest BCUT2D eigenvalue weighted by molar-refractivity contribution is 9.10. The molecule has 5 nitrogen and oxygen atoms in total. The lowest BCUT2D eigenvalue weighted by molar-refractivity contribution is 0.0953. The van der Waals surface area contributed by atoms with Crippen LogP contribution in [0.25, 0.3) is 0 Å². The van der Waals surface area contributed by atoms with Gasteiger partial charge in [0.2, 0.25) is 0 Å². The van der Waals surface area contributed by atoms with Crippen molar-refractivity contribution in [1.29, 1.82) is 0 Å². The highest BCUT2D eigenvalue weighted by atomic mass is 79.9. The molecule has 0 fully saturated rings. The number of amides is 1. The number of rotatable bonds is 8. The van der Waals surface area contributed by atoms with Gasteiger partial charge in [0.15, 0.2) is 11.5 Å². The Labute approximate surface area is 150 Å². The zero-order valence-corrected chi connectivity index (χ0v) is 15.4. The second kappa shape index (κ2) is 9.30. The summed E-state index contributed by atoms with van der Waals surface area (Å²) < 4.78 is 11.4. The first-order chi connectivity index (χ1) is 11.6. The number of carbonyl (C=O) groups is 1. The Hall–Kier alpha value is -2.05. The van der Waals surface area contributed by atoms with Crippen LogP contribution in [-0.4, -0.2) is 33.2 Å². The molecule has 0 saturated heterocycles. The van der Waals surface area contributed by atoms with Crippen LogP contribution in [0.3, 0.4) is 0 Å². The van der Waals surface area contributed by atoms with Gasteiger partial charge in [-0.05, 0) is 35.9 Å².